The molecule has 0 unspecified atom stereocenters. The Morgan fingerprint density at radius 3 is 2.28 bits per heavy atom. The van der Waals surface area contributed by atoms with E-state index in [1.54, 1.807) is 0 Å². The van der Waals surface area contributed by atoms with Gasteiger partial charge in [0, 0.05) is 19.0 Å². The van der Waals surface area contributed by atoms with Gasteiger partial charge < -0.3 is 5.32 Å². The molecule has 1 fully saturated rings. The molecule has 1 nitrogen and oxygen atoms in total. The van der Waals surface area contributed by atoms with Gasteiger partial charge >= 0.3 is 0 Å². The maximum absolute atomic E-state index is 6.15. The lowest BCUT2D eigenvalue weighted by atomic mass is 9.88. The van der Waals surface area contributed by atoms with E-state index in [-0.39, 0.29) is 0 Å². The van der Waals surface area contributed by atoms with Gasteiger partial charge in [0.2, 0.25) is 0 Å². The third kappa shape index (κ3) is 3.49. The second-order valence-corrected chi connectivity index (χ2v) is 5.88. The number of halogens is 1. The second-order valence-electron chi connectivity index (χ2n) is 5.61. The molecule has 1 aliphatic rings. The van der Waals surface area contributed by atoms with E-state index in [0.717, 1.165) is 25.4 Å². The van der Waals surface area contributed by atoms with E-state index in [1.165, 1.54) is 36.8 Å². The molecule has 2 heteroatoms. The van der Waals surface area contributed by atoms with Crippen molar-refractivity contribution < 1.29 is 0 Å². The average Bonchev–Trinajstić information content (AvgIpc) is 2.89. The van der Waals surface area contributed by atoms with E-state index in [0.29, 0.717) is 5.41 Å². The number of alkyl halides is 1. The van der Waals surface area contributed by atoms with E-state index >= 15 is 0 Å². The topological polar surface area (TPSA) is 12.0 Å². The summed E-state index contributed by atoms with van der Waals surface area (Å²) < 4.78 is 0. The van der Waals surface area contributed by atoms with E-state index < -0.39 is 0 Å². The van der Waals surface area contributed by atoms with Crippen LogP contribution in [-0.2, 0) is 13.0 Å². The second kappa shape index (κ2) is 6.58. The summed E-state index contributed by atoms with van der Waals surface area (Å²) in [7, 11) is 0. The first-order valence-corrected chi connectivity index (χ1v) is 7.66. The molecule has 0 bridgehead atoms. The van der Waals surface area contributed by atoms with E-state index in [1.807, 2.05) is 0 Å². The molecule has 0 saturated heterocycles. The summed E-state index contributed by atoms with van der Waals surface area (Å²) in [5.41, 5.74) is 3.15. The summed E-state index contributed by atoms with van der Waals surface area (Å²) in [4.78, 5) is 0. The Bertz CT molecular complexity index is 352. The van der Waals surface area contributed by atoms with E-state index in [4.69, 9.17) is 11.6 Å². The standard InChI is InChI=1S/C16H24ClN/c1-2-14-5-7-15(8-6-14)11-18-13-16(12-17)9-3-4-10-16/h5-8,18H,2-4,9-13H2,1H3. The molecule has 2 rings (SSSR count). The molecular formula is C16H24ClN. The molecule has 1 N–H and O–H groups in total. The molecule has 1 aromatic rings. The monoisotopic (exact) mass is 265 g/mol. The Balaban J connectivity index is 1.80. The van der Waals surface area contributed by atoms with E-state index in [2.05, 4.69) is 36.5 Å². The fourth-order valence-electron chi connectivity index (χ4n) is 2.85. The summed E-state index contributed by atoms with van der Waals surface area (Å²) in [5.74, 6) is 0.800. The van der Waals surface area contributed by atoms with Gasteiger partial charge in [-0.25, -0.2) is 0 Å². The Labute approximate surface area is 116 Å². The number of benzene rings is 1. The van der Waals surface area contributed by atoms with Crippen LogP contribution in [0.4, 0.5) is 0 Å². The van der Waals surface area contributed by atoms with Crippen LogP contribution in [0.15, 0.2) is 24.3 Å². The van der Waals surface area contributed by atoms with Crippen molar-refractivity contribution in [2.45, 2.75) is 45.6 Å². The fourth-order valence-corrected chi connectivity index (χ4v) is 3.21. The Hall–Kier alpha value is -0.530. The number of hydrogen-bond donors (Lipinski definition) is 1. The zero-order chi connectivity index (χ0) is 12.8. The molecule has 0 heterocycles. The molecule has 0 radical (unpaired) electrons. The summed E-state index contributed by atoms with van der Waals surface area (Å²) in [6.07, 6.45) is 6.39. The summed E-state index contributed by atoms with van der Waals surface area (Å²) in [6, 6.07) is 8.91. The minimum absolute atomic E-state index is 0.366. The van der Waals surface area contributed by atoms with E-state index in [9.17, 15) is 0 Å². The third-order valence-electron chi connectivity index (χ3n) is 4.21. The van der Waals surface area contributed by atoms with Gasteiger partial charge in [0.25, 0.3) is 0 Å². The van der Waals surface area contributed by atoms with Gasteiger partial charge in [0.1, 0.15) is 0 Å². The van der Waals surface area contributed by atoms with Crippen LogP contribution in [0, 0.1) is 5.41 Å². The van der Waals surface area contributed by atoms with Crippen molar-refractivity contribution in [3.05, 3.63) is 35.4 Å². The molecule has 0 atom stereocenters. The van der Waals surface area contributed by atoms with Crippen LogP contribution >= 0.6 is 11.6 Å². The van der Waals surface area contributed by atoms with Crippen LogP contribution in [0.5, 0.6) is 0 Å². The lowest BCUT2D eigenvalue weighted by Gasteiger charge is -2.26. The zero-order valence-electron chi connectivity index (χ0n) is 11.3. The van der Waals surface area contributed by atoms with Gasteiger partial charge in [-0.3, -0.25) is 0 Å². The van der Waals surface area contributed by atoms with Gasteiger partial charge in [-0.05, 0) is 35.8 Å². The molecule has 0 spiro atoms. The van der Waals surface area contributed by atoms with Gasteiger partial charge in [-0.2, -0.15) is 0 Å². The highest BCUT2D eigenvalue weighted by atomic mass is 35.5. The SMILES string of the molecule is CCc1ccc(CNCC2(CCl)CCCC2)cc1. The van der Waals surface area contributed by atoms with Crippen molar-refractivity contribution in [3.8, 4) is 0 Å². The highest BCUT2D eigenvalue weighted by Gasteiger charge is 2.32. The van der Waals surface area contributed by atoms with Gasteiger partial charge in [0.15, 0.2) is 0 Å². The Morgan fingerprint density at radius 1 is 1.11 bits per heavy atom. The number of nitrogens with one attached hydrogen (secondary N) is 1. The first kappa shape index (κ1) is 13.9. The molecule has 0 aliphatic heterocycles. The minimum Gasteiger partial charge on any atom is -0.312 e. The quantitative estimate of drug-likeness (QED) is 0.763. The first-order valence-electron chi connectivity index (χ1n) is 7.12. The largest absolute Gasteiger partial charge is 0.312 e. The fraction of sp³-hybridized carbons (Fsp3) is 0.625. The molecule has 1 aliphatic carbocycles. The predicted octanol–water partition coefficient (Wildman–Crippen LogP) is 4.14. The number of hydrogen-bond acceptors (Lipinski definition) is 1. The number of aryl methyl sites for hydroxylation is 1. The minimum atomic E-state index is 0.366. The van der Waals surface area contributed by atoms with Crippen LogP contribution in [0.3, 0.4) is 0 Å². The maximum Gasteiger partial charge on any atom is 0.0292 e. The van der Waals surface area contributed by atoms with Gasteiger partial charge in [-0.15, -0.1) is 11.6 Å². The summed E-state index contributed by atoms with van der Waals surface area (Å²) in [6.45, 7) is 4.21. The molecule has 100 valence electrons. The van der Waals surface area contributed by atoms with Crippen molar-refractivity contribution in [2.75, 3.05) is 12.4 Å². The molecule has 1 saturated carbocycles. The van der Waals surface area contributed by atoms with Crippen LogP contribution in [0.1, 0.15) is 43.7 Å². The lowest BCUT2D eigenvalue weighted by Crippen LogP contribution is -2.33. The van der Waals surface area contributed by atoms with Crippen LogP contribution in [-0.4, -0.2) is 12.4 Å². The van der Waals surface area contributed by atoms with Crippen LogP contribution in [0.2, 0.25) is 0 Å². The maximum atomic E-state index is 6.15. The summed E-state index contributed by atoms with van der Waals surface area (Å²) >= 11 is 6.15. The lowest BCUT2D eigenvalue weighted by molar-refractivity contribution is 0.320. The third-order valence-corrected chi connectivity index (χ3v) is 4.77. The predicted molar refractivity (Wildman–Crippen MR) is 79.1 cm³/mol. The highest BCUT2D eigenvalue weighted by molar-refractivity contribution is 6.18. The van der Waals surface area contributed by atoms with Crippen LogP contribution in [0.25, 0.3) is 0 Å². The molecule has 0 amide bonds. The van der Waals surface area contributed by atoms with Gasteiger partial charge in [0.05, 0.1) is 0 Å². The molecule has 0 aromatic heterocycles. The number of rotatable bonds is 6. The average molecular weight is 266 g/mol. The molecular weight excluding hydrogens is 242 g/mol. The smallest absolute Gasteiger partial charge is 0.0292 e. The van der Waals surface area contributed by atoms with Crippen molar-refractivity contribution >= 4 is 11.6 Å². The Kier molecular flexibility index (Phi) is 5.08. The normalized spacial score (nSPS) is 18.1. The van der Waals surface area contributed by atoms with Crippen molar-refractivity contribution in [1.29, 1.82) is 0 Å². The van der Waals surface area contributed by atoms with Gasteiger partial charge in [-0.1, -0.05) is 44.0 Å². The highest BCUT2D eigenvalue weighted by Crippen LogP contribution is 2.38. The molecule has 18 heavy (non-hydrogen) atoms. The van der Waals surface area contributed by atoms with Crippen LogP contribution < -0.4 is 5.32 Å². The summed E-state index contributed by atoms with van der Waals surface area (Å²) in [5, 5.41) is 3.59. The first-order chi connectivity index (χ1) is 8.78. The van der Waals surface area contributed by atoms with Crippen molar-refractivity contribution in [2.24, 2.45) is 5.41 Å². The van der Waals surface area contributed by atoms with Crippen molar-refractivity contribution in [3.63, 3.8) is 0 Å². The van der Waals surface area contributed by atoms with Crippen molar-refractivity contribution in [1.82, 2.24) is 5.32 Å². The zero-order valence-corrected chi connectivity index (χ0v) is 12.1. The molecule has 1 aromatic carbocycles. The Morgan fingerprint density at radius 2 is 1.72 bits per heavy atom.